The van der Waals surface area contributed by atoms with E-state index in [0.29, 0.717) is 27.6 Å². The predicted octanol–water partition coefficient (Wildman–Crippen LogP) is 4.52. The molecule has 0 aliphatic rings. The fourth-order valence-corrected chi connectivity index (χ4v) is 4.20. The van der Waals surface area contributed by atoms with Crippen molar-refractivity contribution >= 4 is 29.1 Å². The van der Waals surface area contributed by atoms with E-state index in [2.05, 4.69) is 10.6 Å². The van der Waals surface area contributed by atoms with Gasteiger partial charge in [-0.3, -0.25) is 4.79 Å². The largest absolute Gasteiger partial charge is 0.508 e. The molecule has 0 saturated carbocycles. The van der Waals surface area contributed by atoms with Crippen LogP contribution in [0.25, 0.3) is 0 Å². The quantitative estimate of drug-likeness (QED) is 0.280. The number of benzene rings is 3. The second-order valence-corrected chi connectivity index (χ2v) is 9.10. The number of carbonyl (C=O) groups is 1. The Balaban J connectivity index is 1.50. The first-order valence-electron chi connectivity index (χ1n) is 10.9. The van der Waals surface area contributed by atoms with E-state index >= 15 is 0 Å². The molecular weight excluding hydrogens is 475 g/mol. The lowest BCUT2D eigenvalue weighted by molar-refractivity contribution is -0.120. The van der Waals surface area contributed by atoms with Crippen LogP contribution in [0, 0.1) is 0 Å². The van der Waals surface area contributed by atoms with Crippen LogP contribution in [0.4, 0.5) is 0 Å². The molecule has 1 amide bonds. The van der Waals surface area contributed by atoms with Crippen molar-refractivity contribution in [3.05, 3.63) is 93.0 Å². The summed E-state index contributed by atoms with van der Waals surface area (Å²) in [6, 6.07) is 17.1. The third-order valence-corrected chi connectivity index (χ3v) is 6.10. The van der Waals surface area contributed by atoms with E-state index < -0.39 is 6.10 Å². The second kappa shape index (κ2) is 12.1. The first kappa shape index (κ1) is 25.8. The summed E-state index contributed by atoms with van der Waals surface area (Å²) in [5.41, 5.74) is 3.07. The number of amides is 1. The van der Waals surface area contributed by atoms with Gasteiger partial charge >= 0.3 is 0 Å². The average Bonchev–Trinajstić information content (AvgIpc) is 2.76. The van der Waals surface area contributed by atoms with Crippen molar-refractivity contribution in [2.24, 2.45) is 0 Å². The Hall–Kier alpha value is -2.77. The van der Waals surface area contributed by atoms with Crippen LogP contribution in [-0.2, 0) is 24.2 Å². The molecule has 0 bridgehead atoms. The summed E-state index contributed by atoms with van der Waals surface area (Å²) in [7, 11) is 0. The van der Waals surface area contributed by atoms with E-state index in [-0.39, 0.29) is 43.0 Å². The van der Waals surface area contributed by atoms with Crippen molar-refractivity contribution in [1.82, 2.24) is 10.6 Å². The smallest absolute Gasteiger partial charge is 0.224 e. The van der Waals surface area contributed by atoms with Gasteiger partial charge < -0.3 is 26.0 Å². The van der Waals surface area contributed by atoms with Crippen LogP contribution in [0.5, 0.6) is 11.5 Å². The zero-order chi connectivity index (χ0) is 24.7. The van der Waals surface area contributed by atoms with E-state index in [1.807, 2.05) is 31.2 Å². The second-order valence-electron chi connectivity index (χ2n) is 8.29. The van der Waals surface area contributed by atoms with Gasteiger partial charge in [0.25, 0.3) is 0 Å². The van der Waals surface area contributed by atoms with Crippen LogP contribution in [0.2, 0.25) is 10.0 Å². The molecule has 0 aliphatic carbocycles. The molecule has 0 saturated heterocycles. The van der Waals surface area contributed by atoms with Gasteiger partial charge in [0, 0.05) is 40.8 Å². The minimum Gasteiger partial charge on any atom is -0.508 e. The summed E-state index contributed by atoms with van der Waals surface area (Å²) in [6.45, 7) is 2.52. The first-order chi connectivity index (χ1) is 16.2. The van der Waals surface area contributed by atoms with Crippen molar-refractivity contribution in [3.8, 4) is 11.5 Å². The average molecular weight is 503 g/mol. The maximum atomic E-state index is 12.4. The van der Waals surface area contributed by atoms with Gasteiger partial charge in [0.2, 0.25) is 5.91 Å². The molecule has 3 aromatic carbocycles. The van der Waals surface area contributed by atoms with Gasteiger partial charge in [-0.1, -0.05) is 53.5 Å². The minimum atomic E-state index is -0.873. The van der Waals surface area contributed by atoms with Crippen molar-refractivity contribution in [2.75, 3.05) is 6.54 Å². The molecule has 3 rings (SSSR count). The normalized spacial score (nSPS) is 12.8. The molecule has 0 unspecified atom stereocenters. The number of aliphatic hydroxyl groups excluding tert-OH is 1. The summed E-state index contributed by atoms with van der Waals surface area (Å²) in [6.07, 6.45) is 0.0576. The van der Waals surface area contributed by atoms with Gasteiger partial charge in [-0.05, 0) is 54.3 Å². The molecule has 0 aliphatic heterocycles. The Morgan fingerprint density at radius 1 is 0.941 bits per heavy atom. The third kappa shape index (κ3) is 7.64. The summed E-state index contributed by atoms with van der Waals surface area (Å²) >= 11 is 12.3. The van der Waals surface area contributed by atoms with Crippen molar-refractivity contribution in [1.29, 1.82) is 0 Å². The number of phenols is 2. The number of phenolic OH excluding ortho intramolecular Hbond substituents is 2. The molecule has 2 atom stereocenters. The van der Waals surface area contributed by atoms with Gasteiger partial charge in [-0.2, -0.15) is 0 Å². The van der Waals surface area contributed by atoms with Crippen LogP contribution in [0.1, 0.15) is 35.3 Å². The summed E-state index contributed by atoms with van der Waals surface area (Å²) in [5, 5.41) is 36.7. The number of hydrogen-bond donors (Lipinski definition) is 5. The van der Waals surface area contributed by atoms with Crippen LogP contribution in [0.15, 0.2) is 60.7 Å². The summed E-state index contributed by atoms with van der Waals surface area (Å²) < 4.78 is 0. The van der Waals surface area contributed by atoms with E-state index in [1.54, 1.807) is 18.2 Å². The molecule has 0 heterocycles. The molecule has 0 spiro atoms. The lowest BCUT2D eigenvalue weighted by atomic mass is 10.0. The zero-order valence-corrected chi connectivity index (χ0v) is 20.3. The molecule has 5 N–H and O–H groups in total. The van der Waals surface area contributed by atoms with E-state index in [4.69, 9.17) is 23.2 Å². The Labute approximate surface area is 209 Å². The van der Waals surface area contributed by atoms with Crippen LogP contribution >= 0.6 is 23.2 Å². The summed E-state index contributed by atoms with van der Waals surface area (Å²) in [4.78, 5) is 12.4. The highest BCUT2D eigenvalue weighted by molar-refractivity contribution is 6.36. The topological polar surface area (TPSA) is 102 Å². The highest BCUT2D eigenvalue weighted by Crippen LogP contribution is 2.25. The van der Waals surface area contributed by atoms with Gasteiger partial charge in [-0.25, -0.2) is 0 Å². The van der Waals surface area contributed by atoms with Crippen LogP contribution < -0.4 is 10.6 Å². The maximum Gasteiger partial charge on any atom is 0.224 e. The standard InChI is InChI=1S/C26H28Cl2N2O4/c1-16(29-15-25(33)19-11-20(31)13-21(32)12-19)8-17-4-2-5-18(9-17)10-26(34)30-14-22-23(27)6-3-7-24(22)28/h2-7,9,11-13,16,25,29,31-33H,8,10,14-15H2,1H3,(H,30,34)/t16-,25+/m1/s1. The first-order valence-corrected chi connectivity index (χ1v) is 11.7. The SMILES string of the molecule is C[C@H](Cc1cccc(CC(=O)NCc2c(Cl)cccc2Cl)c1)NC[C@H](O)c1cc(O)cc(O)c1. The van der Waals surface area contributed by atoms with Gasteiger partial charge in [0.15, 0.2) is 0 Å². The molecule has 3 aromatic rings. The molecule has 6 nitrogen and oxygen atoms in total. The molecule has 8 heteroatoms. The van der Waals surface area contributed by atoms with Gasteiger partial charge in [-0.15, -0.1) is 0 Å². The fourth-order valence-electron chi connectivity index (χ4n) is 3.67. The van der Waals surface area contributed by atoms with Gasteiger partial charge in [0.05, 0.1) is 12.5 Å². The fraction of sp³-hybridized carbons (Fsp3) is 0.269. The minimum absolute atomic E-state index is 0.0481. The van der Waals surface area contributed by atoms with Gasteiger partial charge in [0.1, 0.15) is 11.5 Å². The number of aliphatic hydroxyl groups is 1. The molecule has 0 aromatic heterocycles. The van der Waals surface area contributed by atoms with E-state index in [1.165, 1.54) is 18.2 Å². The number of halogens is 2. The highest BCUT2D eigenvalue weighted by Gasteiger charge is 2.13. The van der Waals surface area contributed by atoms with Crippen molar-refractivity contribution < 1.29 is 20.1 Å². The van der Waals surface area contributed by atoms with E-state index in [9.17, 15) is 20.1 Å². The zero-order valence-electron chi connectivity index (χ0n) is 18.8. The molecule has 180 valence electrons. The van der Waals surface area contributed by atoms with Crippen molar-refractivity contribution in [2.45, 2.75) is 38.5 Å². The maximum absolute atomic E-state index is 12.4. The van der Waals surface area contributed by atoms with Crippen molar-refractivity contribution in [3.63, 3.8) is 0 Å². The number of hydrogen-bond acceptors (Lipinski definition) is 5. The number of nitrogens with one attached hydrogen (secondary N) is 2. The Morgan fingerprint density at radius 3 is 2.24 bits per heavy atom. The summed E-state index contributed by atoms with van der Waals surface area (Å²) in [5.74, 6) is -0.326. The predicted molar refractivity (Wildman–Crippen MR) is 134 cm³/mol. The lowest BCUT2D eigenvalue weighted by Gasteiger charge is -2.18. The van der Waals surface area contributed by atoms with Crippen LogP contribution in [0.3, 0.4) is 0 Å². The molecule has 0 radical (unpaired) electrons. The van der Waals surface area contributed by atoms with E-state index in [0.717, 1.165) is 11.1 Å². The lowest BCUT2D eigenvalue weighted by Crippen LogP contribution is -2.32. The number of rotatable bonds is 10. The molecular formula is C26H28Cl2N2O4. The monoisotopic (exact) mass is 502 g/mol. The Morgan fingerprint density at radius 2 is 1.56 bits per heavy atom. The third-order valence-electron chi connectivity index (χ3n) is 5.39. The Bertz CT molecular complexity index is 1100. The number of carbonyl (C=O) groups excluding carboxylic acids is 1. The Kier molecular flexibility index (Phi) is 9.19. The number of aromatic hydroxyl groups is 2. The highest BCUT2D eigenvalue weighted by atomic mass is 35.5. The van der Waals surface area contributed by atoms with Crippen LogP contribution in [-0.4, -0.2) is 33.8 Å². The molecule has 34 heavy (non-hydrogen) atoms. The molecule has 0 fully saturated rings.